The van der Waals surface area contributed by atoms with Crippen LogP contribution in [0.4, 0.5) is 22.9 Å². The van der Waals surface area contributed by atoms with E-state index in [1.165, 1.54) is 5.69 Å². The fourth-order valence-corrected chi connectivity index (χ4v) is 3.29. The van der Waals surface area contributed by atoms with Crippen molar-refractivity contribution in [2.75, 3.05) is 48.8 Å². The van der Waals surface area contributed by atoms with E-state index < -0.39 is 0 Å². The number of carbonyl (C=O) groups excluding carboxylic acids is 1. The molecule has 4 rings (SSSR count). The Morgan fingerprint density at radius 2 is 1.59 bits per heavy atom. The SMILES string of the molecule is CN1CCN(c2ccc(NC(=O)c3ccc(Nc4ccccc4)nc3)cc2)CC1. The summed E-state index contributed by atoms with van der Waals surface area (Å²) in [5.74, 6) is 0.528. The lowest BCUT2D eigenvalue weighted by atomic mass is 10.2. The summed E-state index contributed by atoms with van der Waals surface area (Å²) in [6.07, 6.45) is 1.58. The Hall–Kier alpha value is -3.38. The number of likely N-dealkylation sites (N-methyl/N-ethyl adjacent to an activating group) is 1. The highest BCUT2D eigenvalue weighted by atomic mass is 16.1. The van der Waals surface area contributed by atoms with Gasteiger partial charge >= 0.3 is 0 Å². The van der Waals surface area contributed by atoms with Gasteiger partial charge in [0.25, 0.3) is 5.91 Å². The number of carbonyl (C=O) groups is 1. The fourth-order valence-electron chi connectivity index (χ4n) is 3.29. The van der Waals surface area contributed by atoms with E-state index in [0.717, 1.165) is 37.6 Å². The number of hydrogen-bond acceptors (Lipinski definition) is 5. The number of hydrogen-bond donors (Lipinski definition) is 2. The third kappa shape index (κ3) is 4.92. The maximum atomic E-state index is 12.5. The highest BCUT2D eigenvalue weighted by Crippen LogP contribution is 2.20. The van der Waals surface area contributed by atoms with Gasteiger partial charge in [0.2, 0.25) is 0 Å². The predicted octanol–water partition coefficient (Wildman–Crippen LogP) is 3.83. The molecule has 6 nitrogen and oxygen atoms in total. The van der Waals surface area contributed by atoms with Gasteiger partial charge in [0.05, 0.1) is 5.56 Å². The van der Waals surface area contributed by atoms with Gasteiger partial charge in [0.1, 0.15) is 5.82 Å². The molecule has 2 heterocycles. The van der Waals surface area contributed by atoms with Gasteiger partial charge in [-0.1, -0.05) is 18.2 Å². The van der Waals surface area contributed by atoms with Crippen molar-refractivity contribution in [3.8, 4) is 0 Å². The molecule has 0 unspecified atom stereocenters. The molecule has 0 spiro atoms. The van der Waals surface area contributed by atoms with E-state index >= 15 is 0 Å². The van der Waals surface area contributed by atoms with E-state index in [9.17, 15) is 4.79 Å². The molecule has 0 saturated carbocycles. The third-order valence-corrected chi connectivity index (χ3v) is 5.07. The molecule has 0 aliphatic carbocycles. The number of rotatable bonds is 5. The van der Waals surface area contributed by atoms with E-state index in [4.69, 9.17) is 0 Å². The topological polar surface area (TPSA) is 60.5 Å². The normalized spacial score (nSPS) is 14.4. The molecule has 0 bridgehead atoms. The maximum Gasteiger partial charge on any atom is 0.257 e. The van der Waals surface area contributed by atoms with Crippen LogP contribution in [0.5, 0.6) is 0 Å². The quantitative estimate of drug-likeness (QED) is 0.697. The highest BCUT2D eigenvalue weighted by molar-refractivity contribution is 6.04. The van der Waals surface area contributed by atoms with Gasteiger partial charge in [-0.3, -0.25) is 4.79 Å². The monoisotopic (exact) mass is 387 g/mol. The molecule has 0 atom stereocenters. The average molecular weight is 387 g/mol. The van der Waals surface area contributed by atoms with E-state index in [-0.39, 0.29) is 5.91 Å². The first-order chi connectivity index (χ1) is 14.2. The number of benzene rings is 2. The number of piperazine rings is 1. The van der Waals surface area contributed by atoms with Gasteiger partial charge < -0.3 is 20.4 Å². The zero-order valence-electron chi connectivity index (χ0n) is 16.5. The molecule has 1 aliphatic heterocycles. The summed E-state index contributed by atoms with van der Waals surface area (Å²) in [6, 6.07) is 21.4. The molecule has 29 heavy (non-hydrogen) atoms. The number of anilines is 4. The second-order valence-corrected chi connectivity index (χ2v) is 7.21. The predicted molar refractivity (Wildman–Crippen MR) is 118 cm³/mol. The minimum absolute atomic E-state index is 0.170. The van der Waals surface area contributed by atoms with Crippen LogP contribution in [0.2, 0.25) is 0 Å². The van der Waals surface area contributed by atoms with Gasteiger partial charge in [-0.2, -0.15) is 0 Å². The lowest BCUT2D eigenvalue weighted by Crippen LogP contribution is -2.44. The maximum absolute atomic E-state index is 12.5. The van der Waals surface area contributed by atoms with Crippen molar-refractivity contribution in [3.05, 3.63) is 78.5 Å². The van der Waals surface area contributed by atoms with Crippen molar-refractivity contribution in [1.82, 2.24) is 9.88 Å². The van der Waals surface area contributed by atoms with E-state index in [1.807, 2.05) is 42.5 Å². The molecule has 1 amide bonds. The molecular formula is C23H25N5O. The van der Waals surface area contributed by atoms with Gasteiger partial charge in [0.15, 0.2) is 0 Å². The van der Waals surface area contributed by atoms with Gasteiger partial charge in [-0.05, 0) is 55.6 Å². The molecule has 3 aromatic rings. The summed E-state index contributed by atoms with van der Waals surface area (Å²) >= 11 is 0. The van der Waals surface area contributed by atoms with Crippen molar-refractivity contribution < 1.29 is 4.79 Å². The summed E-state index contributed by atoms with van der Waals surface area (Å²) in [6.45, 7) is 4.19. The smallest absolute Gasteiger partial charge is 0.257 e. The minimum Gasteiger partial charge on any atom is -0.369 e. The Labute approximate surface area is 171 Å². The van der Waals surface area contributed by atoms with Crippen LogP contribution in [-0.4, -0.2) is 49.0 Å². The number of nitrogens with zero attached hydrogens (tertiary/aromatic N) is 3. The van der Waals surface area contributed by atoms with Crippen LogP contribution in [0.25, 0.3) is 0 Å². The van der Waals surface area contributed by atoms with E-state index in [1.54, 1.807) is 18.3 Å². The van der Waals surface area contributed by atoms with Gasteiger partial charge in [-0.25, -0.2) is 4.98 Å². The van der Waals surface area contributed by atoms with Crippen LogP contribution in [0.15, 0.2) is 72.9 Å². The zero-order chi connectivity index (χ0) is 20.1. The Balaban J connectivity index is 1.35. The molecule has 0 radical (unpaired) electrons. The minimum atomic E-state index is -0.170. The van der Waals surface area contributed by atoms with Crippen molar-refractivity contribution in [1.29, 1.82) is 0 Å². The molecule has 2 aromatic carbocycles. The number of nitrogens with one attached hydrogen (secondary N) is 2. The van der Waals surface area contributed by atoms with Crippen LogP contribution in [-0.2, 0) is 0 Å². The summed E-state index contributed by atoms with van der Waals surface area (Å²) < 4.78 is 0. The van der Waals surface area contributed by atoms with Crippen LogP contribution >= 0.6 is 0 Å². The second kappa shape index (κ2) is 8.75. The first-order valence-electron chi connectivity index (χ1n) is 9.80. The second-order valence-electron chi connectivity index (χ2n) is 7.21. The van der Waals surface area contributed by atoms with Gasteiger partial charge in [-0.15, -0.1) is 0 Å². The summed E-state index contributed by atoms with van der Waals surface area (Å²) in [5, 5.41) is 6.15. The molecule has 1 fully saturated rings. The molecule has 6 heteroatoms. The summed E-state index contributed by atoms with van der Waals surface area (Å²) in [4.78, 5) is 21.6. The molecular weight excluding hydrogens is 362 g/mol. The van der Waals surface area contributed by atoms with Crippen molar-refractivity contribution in [3.63, 3.8) is 0 Å². The standard InChI is InChI=1S/C23H25N5O/c1-27-13-15-28(16-14-27)21-10-8-20(9-11-21)26-23(29)18-7-12-22(24-17-18)25-19-5-3-2-4-6-19/h2-12,17H,13-16H2,1H3,(H,24,25)(H,26,29). The Morgan fingerprint density at radius 1 is 0.862 bits per heavy atom. The third-order valence-electron chi connectivity index (χ3n) is 5.07. The molecule has 1 aliphatic rings. The molecule has 1 saturated heterocycles. The number of aromatic nitrogens is 1. The number of pyridine rings is 1. The van der Waals surface area contributed by atoms with E-state index in [2.05, 4.69) is 44.6 Å². The van der Waals surface area contributed by atoms with Crippen molar-refractivity contribution in [2.24, 2.45) is 0 Å². The first kappa shape index (κ1) is 19.0. The fraction of sp³-hybridized carbons (Fsp3) is 0.217. The molecule has 148 valence electrons. The summed E-state index contributed by atoms with van der Waals surface area (Å²) in [5.41, 5.74) is 3.44. The highest BCUT2D eigenvalue weighted by Gasteiger charge is 2.14. The van der Waals surface area contributed by atoms with Crippen LogP contribution < -0.4 is 15.5 Å². The average Bonchev–Trinajstić information content (AvgIpc) is 2.76. The van der Waals surface area contributed by atoms with Crippen LogP contribution in [0, 0.1) is 0 Å². The van der Waals surface area contributed by atoms with Crippen molar-refractivity contribution in [2.45, 2.75) is 0 Å². The largest absolute Gasteiger partial charge is 0.369 e. The Morgan fingerprint density at radius 3 is 2.24 bits per heavy atom. The lowest BCUT2D eigenvalue weighted by molar-refractivity contribution is 0.102. The van der Waals surface area contributed by atoms with Crippen molar-refractivity contribution >= 4 is 28.8 Å². The van der Waals surface area contributed by atoms with Gasteiger partial charge in [0, 0.05) is 49.4 Å². The van der Waals surface area contributed by atoms with Crippen LogP contribution in [0.3, 0.4) is 0 Å². The Kier molecular flexibility index (Phi) is 5.72. The number of amides is 1. The number of para-hydroxylation sites is 1. The summed E-state index contributed by atoms with van der Waals surface area (Å²) in [7, 11) is 2.15. The van der Waals surface area contributed by atoms with E-state index in [0.29, 0.717) is 11.4 Å². The lowest BCUT2D eigenvalue weighted by Gasteiger charge is -2.34. The van der Waals surface area contributed by atoms with Crippen LogP contribution in [0.1, 0.15) is 10.4 Å². The Bertz CT molecular complexity index is 933. The molecule has 2 N–H and O–H groups in total. The molecule has 1 aromatic heterocycles. The zero-order valence-corrected chi connectivity index (χ0v) is 16.5. The first-order valence-corrected chi connectivity index (χ1v) is 9.80.